The van der Waals surface area contributed by atoms with Crippen molar-refractivity contribution in [2.75, 3.05) is 18.0 Å². The summed E-state index contributed by atoms with van der Waals surface area (Å²) in [7, 11) is 0. The van der Waals surface area contributed by atoms with Crippen LogP contribution in [0.1, 0.15) is 22.3 Å². The SMILES string of the molecule is Cc1cc(Cl)c(O[C@@H]2CCN(c3ccc(C=O)cn3)C2)c(Cl)c1. The van der Waals surface area contributed by atoms with E-state index in [1.165, 1.54) is 0 Å². The minimum atomic E-state index is 0.000235. The number of rotatable bonds is 4. The largest absolute Gasteiger partial charge is 0.485 e. The van der Waals surface area contributed by atoms with Crippen molar-refractivity contribution in [3.05, 3.63) is 51.6 Å². The van der Waals surface area contributed by atoms with Gasteiger partial charge in [-0.25, -0.2) is 4.98 Å². The van der Waals surface area contributed by atoms with Gasteiger partial charge >= 0.3 is 0 Å². The van der Waals surface area contributed by atoms with E-state index in [4.69, 9.17) is 27.9 Å². The second kappa shape index (κ2) is 6.77. The Hall–Kier alpha value is -1.78. The standard InChI is InChI=1S/C17H16Cl2N2O2/c1-11-6-14(18)17(15(19)7-11)23-13-4-5-21(9-13)16-3-2-12(10-22)8-20-16/h2-3,6-8,10,13H,4-5,9H2,1H3/t13-/m1/s1. The molecule has 6 heteroatoms. The van der Waals surface area contributed by atoms with Gasteiger partial charge < -0.3 is 9.64 Å². The lowest BCUT2D eigenvalue weighted by molar-refractivity contribution is 0.112. The minimum absolute atomic E-state index is 0.000235. The van der Waals surface area contributed by atoms with E-state index in [0.717, 1.165) is 30.6 Å². The first-order chi connectivity index (χ1) is 11.1. The predicted octanol–water partition coefficient (Wildman–Crippen LogP) is 4.17. The minimum Gasteiger partial charge on any atom is -0.485 e. The van der Waals surface area contributed by atoms with Crippen LogP contribution in [-0.4, -0.2) is 30.5 Å². The molecule has 23 heavy (non-hydrogen) atoms. The van der Waals surface area contributed by atoms with Crippen LogP contribution in [0.5, 0.6) is 5.75 Å². The van der Waals surface area contributed by atoms with Crippen molar-refractivity contribution in [3.8, 4) is 5.75 Å². The molecule has 2 heterocycles. The highest BCUT2D eigenvalue weighted by molar-refractivity contribution is 6.37. The van der Waals surface area contributed by atoms with Crippen molar-refractivity contribution in [2.45, 2.75) is 19.4 Å². The lowest BCUT2D eigenvalue weighted by atomic mass is 10.2. The van der Waals surface area contributed by atoms with E-state index in [2.05, 4.69) is 9.88 Å². The van der Waals surface area contributed by atoms with Gasteiger partial charge in [0, 0.05) is 24.7 Å². The average molecular weight is 351 g/mol. The second-order valence-corrected chi connectivity index (χ2v) is 6.41. The van der Waals surface area contributed by atoms with Gasteiger partial charge in [-0.3, -0.25) is 4.79 Å². The maximum atomic E-state index is 10.7. The van der Waals surface area contributed by atoms with Gasteiger partial charge in [-0.15, -0.1) is 0 Å². The lowest BCUT2D eigenvalue weighted by Crippen LogP contribution is -2.25. The lowest BCUT2D eigenvalue weighted by Gasteiger charge is -2.19. The fraction of sp³-hybridized carbons (Fsp3) is 0.294. The van der Waals surface area contributed by atoms with Crippen molar-refractivity contribution in [3.63, 3.8) is 0 Å². The van der Waals surface area contributed by atoms with Crippen LogP contribution in [-0.2, 0) is 0 Å². The quantitative estimate of drug-likeness (QED) is 0.776. The monoisotopic (exact) mass is 350 g/mol. The number of nitrogens with zero attached hydrogens (tertiary/aromatic N) is 2. The van der Waals surface area contributed by atoms with Crippen LogP contribution in [0.25, 0.3) is 0 Å². The van der Waals surface area contributed by atoms with Crippen LogP contribution in [0, 0.1) is 6.92 Å². The number of pyridine rings is 1. The molecule has 4 nitrogen and oxygen atoms in total. The van der Waals surface area contributed by atoms with Crippen molar-refractivity contribution in [1.29, 1.82) is 0 Å². The molecule has 2 aromatic rings. The van der Waals surface area contributed by atoms with E-state index in [1.54, 1.807) is 12.3 Å². The third-order valence-electron chi connectivity index (χ3n) is 3.80. The zero-order valence-corrected chi connectivity index (χ0v) is 14.1. The summed E-state index contributed by atoms with van der Waals surface area (Å²) in [4.78, 5) is 17.1. The van der Waals surface area contributed by atoms with Gasteiger partial charge in [0.15, 0.2) is 12.0 Å². The molecule has 0 spiro atoms. The molecular formula is C17H16Cl2N2O2. The van der Waals surface area contributed by atoms with Gasteiger partial charge in [0.05, 0.1) is 16.6 Å². The molecule has 3 rings (SSSR count). The Kier molecular flexibility index (Phi) is 4.74. The van der Waals surface area contributed by atoms with Gasteiger partial charge in [-0.2, -0.15) is 0 Å². The molecule has 1 aromatic heterocycles. The Labute approximate surface area is 145 Å². The van der Waals surface area contributed by atoms with Gasteiger partial charge in [0.1, 0.15) is 11.9 Å². The number of hydrogen-bond acceptors (Lipinski definition) is 4. The average Bonchev–Trinajstić information content (AvgIpc) is 2.99. The topological polar surface area (TPSA) is 42.4 Å². The van der Waals surface area contributed by atoms with E-state index in [0.29, 0.717) is 27.9 Å². The summed E-state index contributed by atoms with van der Waals surface area (Å²) in [6, 6.07) is 7.29. The van der Waals surface area contributed by atoms with Crippen LogP contribution in [0.15, 0.2) is 30.5 Å². The van der Waals surface area contributed by atoms with E-state index in [9.17, 15) is 4.79 Å². The molecule has 1 aliphatic rings. The van der Waals surface area contributed by atoms with Crippen molar-refractivity contribution in [2.24, 2.45) is 0 Å². The van der Waals surface area contributed by atoms with Crippen LogP contribution in [0.2, 0.25) is 10.0 Å². The normalized spacial score (nSPS) is 17.3. The molecule has 120 valence electrons. The molecule has 0 saturated carbocycles. The third-order valence-corrected chi connectivity index (χ3v) is 4.36. The Morgan fingerprint density at radius 2 is 2.04 bits per heavy atom. The Morgan fingerprint density at radius 3 is 2.65 bits per heavy atom. The summed E-state index contributed by atoms with van der Waals surface area (Å²) >= 11 is 12.5. The van der Waals surface area contributed by atoms with Crippen molar-refractivity contribution >= 4 is 35.3 Å². The number of aryl methyl sites for hydroxylation is 1. The van der Waals surface area contributed by atoms with Gasteiger partial charge in [0.25, 0.3) is 0 Å². The fourth-order valence-corrected chi connectivity index (χ4v) is 3.34. The van der Waals surface area contributed by atoms with Crippen LogP contribution >= 0.6 is 23.2 Å². The molecule has 0 bridgehead atoms. The van der Waals surface area contributed by atoms with Crippen molar-refractivity contribution < 1.29 is 9.53 Å². The Morgan fingerprint density at radius 1 is 1.30 bits per heavy atom. The number of hydrogen-bond donors (Lipinski definition) is 0. The summed E-state index contributed by atoms with van der Waals surface area (Å²) in [5, 5.41) is 1.06. The number of anilines is 1. The summed E-state index contributed by atoms with van der Waals surface area (Å²) in [5.41, 5.74) is 1.57. The van der Waals surface area contributed by atoms with Crippen molar-refractivity contribution in [1.82, 2.24) is 4.98 Å². The smallest absolute Gasteiger partial charge is 0.156 e. The number of carbonyl (C=O) groups is 1. The molecule has 0 radical (unpaired) electrons. The molecular weight excluding hydrogens is 335 g/mol. The summed E-state index contributed by atoms with van der Waals surface area (Å²) in [6.45, 7) is 3.47. The highest BCUT2D eigenvalue weighted by Gasteiger charge is 2.26. The third kappa shape index (κ3) is 3.59. The van der Waals surface area contributed by atoms with Crippen LogP contribution in [0.3, 0.4) is 0 Å². The number of halogens is 2. The first-order valence-corrected chi connectivity index (χ1v) is 8.11. The highest BCUT2D eigenvalue weighted by Crippen LogP contribution is 2.36. The first-order valence-electron chi connectivity index (χ1n) is 7.35. The van der Waals surface area contributed by atoms with E-state index < -0.39 is 0 Å². The van der Waals surface area contributed by atoms with E-state index in [1.807, 2.05) is 25.1 Å². The summed E-state index contributed by atoms with van der Waals surface area (Å²) in [6.07, 6.45) is 3.22. The fourth-order valence-electron chi connectivity index (χ4n) is 2.65. The Bertz CT molecular complexity index is 696. The molecule has 1 aliphatic heterocycles. The zero-order chi connectivity index (χ0) is 16.4. The summed E-state index contributed by atoms with van der Waals surface area (Å²) in [5.74, 6) is 1.37. The zero-order valence-electron chi connectivity index (χ0n) is 12.6. The first kappa shape index (κ1) is 16.1. The molecule has 0 N–H and O–H groups in total. The second-order valence-electron chi connectivity index (χ2n) is 5.60. The van der Waals surface area contributed by atoms with E-state index >= 15 is 0 Å². The molecule has 0 unspecified atom stereocenters. The van der Waals surface area contributed by atoms with Gasteiger partial charge in [-0.05, 0) is 36.8 Å². The molecule has 1 aromatic carbocycles. The Balaban J connectivity index is 1.69. The number of ether oxygens (including phenoxy) is 1. The maximum absolute atomic E-state index is 10.7. The number of benzene rings is 1. The van der Waals surface area contributed by atoms with Crippen LogP contribution in [0.4, 0.5) is 5.82 Å². The number of carbonyl (C=O) groups excluding carboxylic acids is 1. The van der Waals surface area contributed by atoms with Gasteiger partial charge in [0.2, 0.25) is 0 Å². The number of aldehydes is 1. The summed E-state index contributed by atoms with van der Waals surface area (Å²) < 4.78 is 6.00. The molecule has 1 saturated heterocycles. The van der Waals surface area contributed by atoms with Crippen LogP contribution < -0.4 is 9.64 Å². The molecule has 0 amide bonds. The maximum Gasteiger partial charge on any atom is 0.156 e. The molecule has 1 fully saturated rings. The predicted molar refractivity (Wildman–Crippen MR) is 92.1 cm³/mol. The highest BCUT2D eigenvalue weighted by atomic mass is 35.5. The molecule has 0 aliphatic carbocycles. The van der Waals surface area contributed by atoms with Gasteiger partial charge in [-0.1, -0.05) is 23.2 Å². The molecule has 1 atom stereocenters. The van der Waals surface area contributed by atoms with E-state index in [-0.39, 0.29) is 6.10 Å². The number of aromatic nitrogens is 1.